The predicted octanol–water partition coefficient (Wildman–Crippen LogP) is 5.09. The third-order valence-corrected chi connectivity index (χ3v) is 11.9. The first-order chi connectivity index (χ1) is 24.1. The van der Waals surface area contributed by atoms with Crippen molar-refractivity contribution in [2.75, 3.05) is 86.2 Å². The molecule has 0 radical (unpaired) electrons. The fourth-order valence-corrected chi connectivity index (χ4v) is 9.07. The molecule has 0 aromatic heterocycles. The summed E-state index contributed by atoms with van der Waals surface area (Å²) in [5.41, 5.74) is 0.386. The van der Waals surface area contributed by atoms with Crippen molar-refractivity contribution in [3.8, 4) is 5.75 Å². The number of halogens is 2. The molecule has 1 saturated carbocycles. The van der Waals surface area contributed by atoms with E-state index >= 15 is 4.39 Å². The van der Waals surface area contributed by atoms with Crippen LogP contribution >= 0.6 is 0 Å². The lowest BCUT2D eigenvalue weighted by Gasteiger charge is -2.36. The fourth-order valence-electron chi connectivity index (χ4n) is 9.07. The number of nitrogens with zero attached hydrogens (tertiary/aromatic N) is 4. The van der Waals surface area contributed by atoms with Crippen molar-refractivity contribution in [2.24, 2.45) is 11.8 Å². The first-order valence-corrected chi connectivity index (χ1v) is 18.2. The van der Waals surface area contributed by atoms with Crippen molar-refractivity contribution in [1.82, 2.24) is 14.7 Å². The van der Waals surface area contributed by atoms with E-state index in [0.29, 0.717) is 57.9 Å². The summed E-state index contributed by atoms with van der Waals surface area (Å²) in [5, 5.41) is 0. The van der Waals surface area contributed by atoms with Crippen LogP contribution in [0.5, 0.6) is 5.75 Å². The van der Waals surface area contributed by atoms with Crippen molar-refractivity contribution >= 4 is 17.5 Å². The fraction of sp³-hybridized carbons (Fsp3) is 0.641. The number of rotatable bonds is 10. The molecule has 0 unspecified atom stereocenters. The highest BCUT2D eigenvalue weighted by molar-refractivity contribution is 5.88. The molecule has 0 spiro atoms. The molecule has 4 aliphatic rings. The first kappa shape index (κ1) is 36.5. The van der Waals surface area contributed by atoms with E-state index in [9.17, 15) is 14.0 Å². The Hall–Kier alpha value is -3.28. The van der Waals surface area contributed by atoms with E-state index in [1.165, 1.54) is 6.07 Å². The number of hydrogen-bond donors (Lipinski definition) is 0. The van der Waals surface area contributed by atoms with Gasteiger partial charge in [-0.25, -0.2) is 8.78 Å². The molecule has 2 aromatic rings. The molecule has 2 aromatic carbocycles. The number of likely N-dealkylation sites (tertiary alicyclic amines) is 2. The maximum atomic E-state index is 17.9. The van der Waals surface area contributed by atoms with Crippen molar-refractivity contribution in [3.05, 3.63) is 59.4 Å². The Morgan fingerprint density at radius 2 is 1.62 bits per heavy atom. The van der Waals surface area contributed by atoms with Gasteiger partial charge in [0.2, 0.25) is 11.6 Å². The third-order valence-electron chi connectivity index (χ3n) is 11.9. The standard InChI is InChI=1S/C39H54F2N4O5/c1-42(2)37(46)27-16-18-43(19-17-27)36-20-29(40)8-15-33(36)34-22-44(21-28(34)24-48-3)38(47)39(41)25-45(30-9-13-32(50-5)14-10-30)23-35(39)26-6-11-31(49-4)12-7-26/h6-8,11-12,15,20,27-28,30,32,34-35H,9-10,13-14,16-19,21-25H2,1-5H3/t28-,30?,32?,34+,35+,39+/m1/s1. The largest absolute Gasteiger partial charge is 0.497 e. The summed E-state index contributed by atoms with van der Waals surface area (Å²) in [4.78, 5) is 35.0. The molecule has 3 saturated heterocycles. The van der Waals surface area contributed by atoms with E-state index in [0.717, 1.165) is 42.5 Å². The van der Waals surface area contributed by atoms with Crippen LogP contribution in [0.15, 0.2) is 42.5 Å². The Morgan fingerprint density at radius 3 is 2.24 bits per heavy atom. The SMILES string of the molecule is COC[C@H]1CN(C(=O)[C@]2(F)CN(C3CCC(OC)CC3)C[C@H]2c2ccc(OC)cc2)C[C@@H]1c1ccc(F)cc1N1CCC(C(=O)N(C)C)CC1. The number of anilines is 1. The number of methoxy groups -OCH3 is 3. The van der Waals surface area contributed by atoms with Crippen LogP contribution in [0.1, 0.15) is 61.5 Å². The van der Waals surface area contributed by atoms with Crippen molar-refractivity contribution in [1.29, 1.82) is 0 Å². The monoisotopic (exact) mass is 696 g/mol. The van der Waals surface area contributed by atoms with E-state index in [-0.39, 0.29) is 48.2 Å². The molecular weight excluding hydrogens is 642 g/mol. The lowest BCUT2D eigenvalue weighted by Crippen LogP contribution is -2.50. The second kappa shape index (κ2) is 15.5. The number of hydrogen-bond acceptors (Lipinski definition) is 7. The lowest BCUT2D eigenvalue weighted by molar-refractivity contribution is -0.143. The highest BCUT2D eigenvalue weighted by Gasteiger charge is 2.57. The summed E-state index contributed by atoms with van der Waals surface area (Å²) in [5.74, 6) is -0.956. The van der Waals surface area contributed by atoms with Gasteiger partial charge in [0.15, 0.2) is 0 Å². The molecule has 11 heteroatoms. The molecule has 4 atom stereocenters. The van der Waals surface area contributed by atoms with Crippen LogP contribution in [0.4, 0.5) is 14.5 Å². The maximum absolute atomic E-state index is 17.9. The minimum Gasteiger partial charge on any atom is -0.497 e. The molecule has 9 nitrogen and oxygen atoms in total. The molecule has 4 fully saturated rings. The van der Waals surface area contributed by atoms with Crippen LogP contribution in [-0.2, 0) is 19.1 Å². The van der Waals surface area contributed by atoms with Gasteiger partial charge in [0.1, 0.15) is 11.6 Å². The summed E-state index contributed by atoms with van der Waals surface area (Å²) in [6.45, 7) is 2.83. The molecule has 0 bridgehead atoms. The highest BCUT2D eigenvalue weighted by Crippen LogP contribution is 2.46. The number of benzene rings is 2. The summed E-state index contributed by atoms with van der Waals surface area (Å²) < 4.78 is 49.3. The van der Waals surface area contributed by atoms with E-state index in [2.05, 4.69) is 9.80 Å². The van der Waals surface area contributed by atoms with Gasteiger partial charge >= 0.3 is 0 Å². The van der Waals surface area contributed by atoms with Crippen LogP contribution in [0, 0.1) is 17.7 Å². The average Bonchev–Trinajstić information content (AvgIpc) is 3.73. The third kappa shape index (κ3) is 7.37. The van der Waals surface area contributed by atoms with Gasteiger partial charge in [-0.3, -0.25) is 14.5 Å². The molecule has 3 heterocycles. The zero-order valence-corrected chi connectivity index (χ0v) is 30.3. The second-order valence-electron chi connectivity index (χ2n) is 15.0. The molecule has 6 rings (SSSR count). The van der Waals surface area contributed by atoms with Crippen molar-refractivity contribution < 1.29 is 32.6 Å². The number of amides is 2. The number of carbonyl (C=O) groups excluding carboxylic acids is 2. The van der Waals surface area contributed by atoms with Crippen LogP contribution in [0.3, 0.4) is 0 Å². The minimum absolute atomic E-state index is 0.0450. The molecule has 1 aliphatic carbocycles. The number of carbonyl (C=O) groups is 2. The van der Waals surface area contributed by atoms with Gasteiger partial charge in [-0.2, -0.15) is 0 Å². The Balaban J connectivity index is 1.26. The van der Waals surface area contributed by atoms with Crippen molar-refractivity contribution in [3.63, 3.8) is 0 Å². The Bertz CT molecular complexity index is 1480. The van der Waals surface area contributed by atoms with Gasteiger partial charge < -0.3 is 28.9 Å². The first-order valence-electron chi connectivity index (χ1n) is 18.2. The molecule has 50 heavy (non-hydrogen) atoms. The molecular formula is C39H54F2N4O5. The molecule has 3 aliphatic heterocycles. The molecule has 0 N–H and O–H groups in total. The topological polar surface area (TPSA) is 74.8 Å². The van der Waals surface area contributed by atoms with E-state index < -0.39 is 17.5 Å². The van der Waals surface area contributed by atoms with Gasteiger partial charge in [0.05, 0.1) is 19.8 Å². The smallest absolute Gasteiger partial charge is 0.262 e. The Morgan fingerprint density at radius 1 is 0.920 bits per heavy atom. The van der Waals surface area contributed by atoms with Gasteiger partial charge in [-0.1, -0.05) is 18.2 Å². The minimum atomic E-state index is -2.12. The molecule has 2 amide bonds. The van der Waals surface area contributed by atoms with E-state index in [4.69, 9.17) is 14.2 Å². The zero-order chi connectivity index (χ0) is 35.6. The second-order valence-corrected chi connectivity index (χ2v) is 15.0. The summed E-state index contributed by atoms with van der Waals surface area (Å²) in [7, 11) is 8.55. The zero-order valence-electron chi connectivity index (χ0n) is 30.3. The van der Waals surface area contributed by atoms with Gasteiger partial charge in [0.25, 0.3) is 5.91 Å². The summed E-state index contributed by atoms with van der Waals surface area (Å²) >= 11 is 0. The number of piperidine rings is 1. The van der Waals surface area contributed by atoms with Crippen molar-refractivity contribution in [2.45, 2.75) is 68.2 Å². The quantitative estimate of drug-likeness (QED) is 0.343. The normalized spacial score (nSPS) is 29.4. The van der Waals surface area contributed by atoms with Crippen LogP contribution in [-0.4, -0.2) is 126 Å². The number of ether oxygens (including phenoxy) is 3. The number of alkyl halides is 1. The molecule has 274 valence electrons. The van der Waals surface area contributed by atoms with E-state index in [1.54, 1.807) is 51.3 Å². The average molecular weight is 697 g/mol. The Labute approximate surface area is 295 Å². The lowest BCUT2D eigenvalue weighted by atomic mass is 9.85. The van der Waals surface area contributed by atoms with Gasteiger partial charge in [0, 0.05) is 103 Å². The maximum Gasteiger partial charge on any atom is 0.262 e. The predicted molar refractivity (Wildman–Crippen MR) is 189 cm³/mol. The van der Waals surface area contributed by atoms with Crippen LogP contribution in [0.25, 0.3) is 0 Å². The Kier molecular flexibility index (Phi) is 11.3. The van der Waals surface area contributed by atoms with Gasteiger partial charge in [-0.15, -0.1) is 0 Å². The summed E-state index contributed by atoms with van der Waals surface area (Å²) in [6.07, 6.45) is 5.27. The van der Waals surface area contributed by atoms with Crippen LogP contribution < -0.4 is 9.64 Å². The highest BCUT2D eigenvalue weighted by atomic mass is 19.1. The van der Waals surface area contributed by atoms with Crippen LogP contribution in [0.2, 0.25) is 0 Å². The van der Waals surface area contributed by atoms with Gasteiger partial charge in [-0.05, 0) is 73.9 Å². The summed E-state index contributed by atoms with van der Waals surface area (Å²) in [6, 6.07) is 12.5. The van der Waals surface area contributed by atoms with E-state index in [1.807, 2.05) is 30.3 Å².